The van der Waals surface area contributed by atoms with Crippen LogP contribution in [0.1, 0.15) is 65.5 Å². The lowest BCUT2D eigenvalue weighted by Gasteiger charge is -2.21. The molecule has 0 radical (unpaired) electrons. The van der Waals surface area contributed by atoms with Crippen LogP contribution in [0, 0.1) is 12.3 Å². The second-order valence-electron chi connectivity index (χ2n) is 8.87. The Morgan fingerprint density at radius 3 is 2.15 bits per heavy atom. The van der Waals surface area contributed by atoms with Crippen LogP contribution in [0.3, 0.4) is 0 Å². The second kappa shape index (κ2) is 8.42. The number of nitrogens with one attached hydrogen (secondary N) is 2. The van der Waals surface area contributed by atoms with Crippen LogP contribution in [0.5, 0.6) is 0 Å². The molecule has 0 unspecified atom stereocenters. The fraction of sp³-hybridized carbons (Fsp3) is 0.600. The third-order valence-electron chi connectivity index (χ3n) is 4.14. The van der Waals surface area contributed by atoms with Crippen LogP contribution in [0.4, 0.5) is 0 Å². The van der Waals surface area contributed by atoms with Gasteiger partial charge in [0.1, 0.15) is 0 Å². The van der Waals surface area contributed by atoms with Crippen molar-refractivity contribution >= 4 is 21.8 Å². The molecular formula is C20H32N2O4S. The number of rotatable bonds is 6. The van der Waals surface area contributed by atoms with Gasteiger partial charge in [-0.25, -0.2) is 13.1 Å². The third-order valence-corrected chi connectivity index (χ3v) is 5.65. The van der Waals surface area contributed by atoms with Gasteiger partial charge >= 0.3 is 0 Å². The average Bonchev–Trinajstić information content (AvgIpc) is 2.48. The first-order valence-corrected chi connectivity index (χ1v) is 10.6. The van der Waals surface area contributed by atoms with Crippen LogP contribution < -0.4 is 10.0 Å². The van der Waals surface area contributed by atoms with Crippen LogP contribution in [0.25, 0.3) is 0 Å². The van der Waals surface area contributed by atoms with Crippen molar-refractivity contribution in [3.8, 4) is 0 Å². The Balaban J connectivity index is 2.73. The summed E-state index contributed by atoms with van der Waals surface area (Å²) < 4.78 is 27.4. The summed E-state index contributed by atoms with van der Waals surface area (Å²) in [5.74, 6) is -0.689. The highest BCUT2D eigenvalue weighted by molar-refractivity contribution is 7.90. The van der Waals surface area contributed by atoms with Gasteiger partial charge in [0, 0.05) is 18.4 Å². The molecule has 0 heterocycles. The lowest BCUT2D eigenvalue weighted by atomic mass is 9.87. The van der Waals surface area contributed by atoms with Gasteiger partial charge in [0.15, 0.2) is 0 Å². The summed E-state index contributed by atoms with van der Waals surface area (Å²) in [4.78, 5) is 23.9. The molecule has 0 aliphatic rings. The molecule has 0 saturated carbocycles. The van der Waals surface area contributed by atoms with E-state index in [1.807, 2.05) is 26.8 Å². The Bertz CT molecular complexity index is 800. The molecule has 1 rings (SSSR count). The van der Waals surface area contributed by atoms with Crippen molar-refractivity contribution in [3.63, 3.8) is 0 Å². The molecule has 0 saturated heterocycles. The predicted molar refractivity (Wildman–Crippen MR) is 107 cm³/mol. The van der Waals surface area contributed by atoms with E-state index in [1.54, 1.807) is 39.8 Å². The molecule has 0 bridgehead atoms. The van der Waals surface area contributed by atoms with Crippen molar-refractivity contribution in [2.75, 3.05) is 6.54 Å². The van der Waals surface area contributed by atoms with Crippen molar-refractivity contribution in [1.82, 2.24) is 10.0 Å². The van der Waals surface area contributed by atoms with Gasteiger partial charge in [-0.2, -0.15) is 0 Å². The first-order valence-electron chi connectivity index (χ1n) is 9.09. The molecule has 7 heteroatoms. The van der Waals surface area contributed by atoms with Gasteiger partial charge in [-0.05, 0) is 36.0 Å². The molecule has 27 heavy (non-hydrogen) atoms. The van der Waals surface area contributed by atoms with Crippen molar-refractivity contribution in [2.45, 2.75) is 71.6 Å². The number of carbonyl (C=O) groups is 2. The van der Waals surface area contributed by atoms with Crippen molar-refractivity contribution in [2.24, 2.45) is 5.41 Å². The Hall–Kier alpha value is -1.89. The molecule has 2 amide bonds. The maximum Gasteiger partial charge on any atom is 0.264 e. The summed E-state index contributed by atoms with van der Waals surface area (Å²) in [7, 11) is -3.94. The molecule has 0 aliphatic carbocycles. The first kappa shape index (κ1) is 23.1. The summed E-state index contributed by atoms with van der Waals surface area (Å²) in [6, 6.07) is 5.27. The number of benzene rings is 1. The van der Waals surface area contributed by atoms with Gasteiger partial charge < -0.3 is 5.32 Å². The van der Waals surface area contributed by atoms with Gasteiger partial charge in [0.2, 0.25) is 11.8 Å². The zero-order valence-corrected chi connectivity index (χ0v) is 18.2. The topological polar surface area (TPSA) is 92.3 Å². The second-order valence-corrected chi connectivity index (χ2v) is 10.5. The molecule has 0 aromatic heterocycles. The molecule has 2 N–H and O–H groups in total. The van der Waals surface area contributed by atoms with E-state index in [0.29, 0.717) is 18.5 Å². The first-order chi connectivity index (χ1) is 12.1. The van der Waals surface area contributed by atoms with Crippen LogP contribution in [0.2, 0.25) is 0 Å². The van der Waals surface area contributed by atoms with Gasteiger partial charge in [-0.1, -0.05) is 53.7 Å². The molecule has 0 spiro atoms. The van der Waals surface area contributed by atoms with Crippen LogP contribution >= 0.6 is 0 Å². The van der Waals surface area contributed by atoms with E-state index in [9.17, 15) is 18.0 Å². The van der Waals surface area contributed by atoms with E-state index in [1.165, 1.54) is 0 Å². The standard InChI is InChI=1S/C20H32N2O4S/c1-14-10-11-15(19(2,3)4)13-16(14)27(25,26)22-17(23)9-8-12-21-18(24)20(5,6)7/h10-11,13H,8-9,12H2,1-7H3,(H,21,24)(H,22,23). The van der Waals surface area contributed by atoms with E-state index in [0.717, 1.165) is 5.56 Å². The predicted octanol–water partition coefficient (Wildman–Crippen LogP) is 3.04. The van der Waals surface area contributed by atoms with E-state index in [-0.39, 0.29) is 22.6 Å². The van der Waals surface area contributed by atoms with Gasteiger partial charge in [-0.15, -0.1) is 0 Å². The van der Waals surface area contributed by atoms with E-state index in [2.05, 4.69) is 10.0 Å². The number of hydrogen-bond donors (Lipinski definition) is 2. The van der Waals surface area contributed by atoms with Crippen molar-refractivity contribution in [3.05, 3.63) is 29.3 Å². The minimum absolute atomic E-state index is 0.0155. The average molecular weight is 397 g/mol. The molecule has 0 aliphatic heterocycles. The van der Waals surface area contributed by atoms with Crippen LogP contribution in [-0.2, 0) is 25.0 Å². The summed E-state index contributed by atoms with van der Waals surface area (Å²) in [6.45, 7) is 13.4. The zero-order chi connectivity index (χ0) is 21.0. The van der Waals surface area contributed by atoms with Gasteiger partial charge in [-0.3, -0.25) is 9.59 Å². The lowest BCUT2D eigenvalue weighted by molar-refractivity contribution is -0.128. The fourth-order valence-corrected chi connectivity index (χ4v) is 3.61. The third kappa shape index (κ3) is 6.97. The number of sulfonamides is 1. The largest absolute Gasteiger partial charge is 0.356 e. The highest BCUT2D eigenvalue weighted by Gasteiger charge is 2.23. The number of amides is 2. The van der Waals surface area contributed by atoms with E-state index >= 15 is 0 Å². The Kier molecular flexibility index (Phi) is 7.22. The summed E-state index contributed by atoms with van der Waals surface area (Å²) in [5.41, 5.74) is 0.764. The minimum Gasteiger partial charge on any atom is -0.356 e. The Labute approximate surface area is 163 Å². The maximum atomic E-state index is 12.6. The van der Waals surface area contributed by atoms with Crippen molar-refractivity contribution < 1.29 is 18.0 Å². The fourth-order valence-electron chi connectivity index (χ4n) is 2.33. The molecule has 0 fully saturated rings. The molecule has 1 aromatic rings. The van der Waals surface area contributed by atoms with E-state index in [4.69, 9.17) is 0 Å². The Morgan fingerprint density at radius 2 is 1.63 bits per heavy atom. The smallest absolute Gasteiger partial charge is 0.264 e. The highest BCUT2D eigenvalue weighted by Crippen LogP contribution is 2.26. The zero-order valence-electron chi connectivity index (χ0n) is 17.4. The normalized spacial score (nSPS) is 12.6. The number of hydrogen-bond acceptors (Lipinski definition) is 4. The van der Waals surface area contributed by atoms with E-state index < -0.39 is 21.3 Å². The van der Waals surface area contributed by atoms with Gasteiger partial charge in [0.25, 0.3) is 10.0 Å². The summed E-state index contributed by atoms with van der Waals surface area (Å²) >= 11 is 0. The van der Waals surface area contributed by atoms with Crippen LogP contribution in [-0.4, -0.2) is 26.8 Å². The molecule has 1 aromatic carbocycles. The van der Waals surface area contributed by atoms with Gasteiger partial charge in [0.05, 0.1) is 4.90 Å². The highest BCUT2D eigenvalue weighted by atomic mass is 32.2. The molecule has 152 valence electrons. The number of carbonyl (C=O) groups excluding carboxylic acids is 2. The summed E-state index contributed by atoms with van der Waals surface area (Å²) in [5, 5.41) is 2.74. The minimum atomic E-state index is -3.94. The SMILES string of the molecule is Cc1ccc(C(C)(C)C)cc1S(=O)(=O)NC(=O)CCCNC(=O)C(C)(C)C. The maximum absolute atomic E-state index is 12.6. The quantitative estimate of drug-likeness (QED) is 0.723. The number of aryl methyl sites for hydroxylation is 1. The monoisotopic (exact) mass is 396 g/mol. The molecule has 0 atom stereocenters. The molecular weight excluding hydrogens is 364 g/mol. The van der Waals surface area contributed by atoms with Crippen LogP contribution in [0.15, 0.2) is 23.1 Å². The summed E-state index contributed by atoms with van der Waals surface area (Å²) in [6.07, 6.45) is 0.381. The molecule has 6 nitrogen and oxygen atoms in total. The van der Waals surface area contributed by atoms with Crippen molar-refractivity contribution in [1.29, 1.82) is 0 Å². The lowest BCUT2D eigenvalue weighted by Crippen LogP contribution is -2.36. The Morgan fingerprint density at radius 1 is 1.04 bits per heavy atom.